The number of amides is 1. The fourth-order valence-electron chi connectivity index (χ4n) is 2.87. The number of carbonyl (C=O) groups excluding carboxylic acids is 3. The van der Waals surface area contributed by atoms with Crippen molar-refractivity contribution in [3.05, 3.63) is 59.1 Å². The van der Waals surface area contributed by atoms with Gasteiger partial charge >= 0.3 is 5.97 Å². The van der Waals surface area contributed by atoms with Gasteiger partial charge in [-0.15, -0.1) is 0 Å². The molecule has 3 rings (SSSR count). The van der Waals surface area contributed by atoms with E-state index in [1.54, 1.807) is 48.5 Å². The van der Waals surface area contributed by atoms with Gasteiger partial charge in [0.05, 0.1) is 13.0 Å². The van der Waals surface area contributed by atoms with Crippen LogP contribution >= 0.6 is 11.6 Å². The number of nitrogens with zero attached hydrogens (tertiary/aromatic N) is 1. The SMILES string of the molecule is COc1cccc(C(=O)COC(=O)[C@@H]2CC(=O)N(c3ccc(Cl)cc3)C2)c1. The maximum absolute atomic E-state index is 12.3. The highest BCUT2D eigenvalue weighted by Crippen LogP contribution is 2.27. The van der Waals surface area contributed by atoms with Crippen molar-refractivity contribution >= 4 is 34.9 Å². The van der Waals surface area contributed by atoms with E-state index in [4.69, 9.17) is 21.1 Å². The topological polar surface area (TPSA) is 72.9 Å². The number of carbonyl (C=O) groups is 3. The van der Waals surface area contributed by atoms with Crippen molar-refractivity contribution in [2.45, 2.75) is 6.42 Å². The number of Topliss-reactive ketones (excluding diaryl/α,β-unsaturated/α-hetero) is 1. The van der Waals surface area contributed by atoms with Gasteiger partial charge in [-0.1, -0.05) is 23.7 Å². The maximum Gasteiger partial charge on any atom is 0.311 e. The number of benzene rings is 2. The lowest BCUT2D eigenvalue weighted by molar-refractivity contribution is -0.147. The average molecular weight is 388 g/mol. The highest BCUT2D eigenvalue weighted by Gasteiger charge is 2.36. The Morgan fingerprint density at radius 2 is 1.93 bits per heavy atom. The number of ether oxygens (including phenoxy) is 2. The summed E-state index contributed by atoms with van der Waals surface area (Å²) >= 11 is 5.86. The third-order valence-electron chi connectivity index (χ3n) is 4.33. The Morgan fingerprint density at radius 1 is 1.19 bits per heavy atom. The molecule has 1 heterocycles. The molecular weight excluding hydrogens is 370 g/mol. The smallest absolute Gasteiger partial charge is 0.311 e. The van der Waals surface area contributed by atoms with E-state index in [2.05, 4.69) is 0 Å². The van der Waals surface area contributed by atoms with Crippen LogP contribution in [0, 0.1) is 5.92 Å². The molecule has 140 valence electrons. The minimum Gasteiger partial charge on any atom is -0.497 e. The number of esters is 1. The third-order valence-corrected chi connectivity index (χ3v) is 4.59. The van der Waals surface area contributed by atoms with Gasteiger partial charge in [-0.25, -0.2) is 0 Å². The van der Waals surface area contributed by atoms with Crippen LogP contribution in [0.5, 0.6) is 5.75 Å². The summed E-state index contributed by atoms with van der Waals surface area (Å²) in [5, 5.41) is 0.567. The predicted octanol–water partition coefficient (Wildman–Crippen LogP) is 3.13. The summed E-state index contributed by atoms with van der Waals surface area (Å²) in [7, 11) is 1.51. The molecule has 7 heteroatoms. The number of methoxy groups -OCH3 is 1. The van der Waals surface area contributed by atoms with E-state index in [1.807, 2.05) is 0 Å². The van der Waals surface area contributed by atoms with Gasteiger partial charge in [-0.3, -0.25) is 14.4 Å². The van der Waals surface area contributed by atoms with Crippen LogP contribution in [0.3, 0.4) is 0 Å². The number of ketones is 1. The monoisotopic (exact) mass is 387 g/mol. The largest absolute Gasteiger partial charge is 0.497 e. The van der Waals surface area contributed by atoms with Crippen LogP contribution in [-0.4, -0.2) is 37.9 Å². The van der Waals surface area contributed by atoms with Crippen molar-refractivity contribution in [2.75, 3.05) is 25.2 Å². The Kier molecular flexibility index (Phi) is 5.76. The number of halogens is 1. The second kappa shape index (κ2) is 8.22. The summed E-state index contributed by atoms with van der Waals surface area (Å²) in [6, 6.07) is 13.4. The summed E-state index contributed by atoms with van der Waals surface area (Å²) < 4.78 is 10.2. The van der Waals surface area contributed by atoms with Gasteiger partial charge in [0, 0.05) is 29.2 Å². The van der Waals surface area contributed by atoms with Crippen LogP contribution in [0.15, 0.2) is 48.5 Å². The molecule has 0 aliphatic carbocycles. The van der Waals surface area contributed by atoms with E-state index < -0.39 is 11.9 Å². The summed E-state index contributed by atoms with van der Waals surface area (Å²) in [5.41, 5.74) is 1.07. The fourth-order valence-corrected chi connectivity index (χ4v) is 3.00. The van der Waals surface area contributed by atoms with E-state index in [0.717, 1.165) is 0 Å². The van der Waals surface area contributed by atoms with Crippen LogP contribution < -0.4 is 9.64 Å². The number of rotatable bonds is 6. The molecule has 6 nitrogen and oxygen atoms in total. The molecule has 1 aliphatic heterocycles. The molecule has 1 aliphatic rings. The van der Waals surface area contributed by atoms with Crippen LogP contribution in [0.25, 0.3) is 0 Å². The Labute approximate surface area is 161 Å². The molecule has 27 heavy (non-hydrogen) atoms. The van der Waals surface area contributed by atoms with Crippen molar-refractivity contribution in [2.24, 2.45) is 5.92 Å². The Hall–Kier alpha value is -2.86. The summed E-state index contributed by atoms with van der Waals surface area (Å²) in [6.45, 7) is -0.162. The number of hydrogen-bond acceptors (Lipinski definition) is 5. The van der Waals surface area contributed by atoms with Crippen molar-refractivity contribution < 1.29 is 23.9 Å². The van der Waals surface area contributed by atoms with Crippen LogP contribution in [0.1, 0.15) is 16.8 Å². The van der Waals surface area contributed by atoms with Gasteiger partial charge in [-0.2, -0.15) is 0 Å². The lowest BCUT2D eigenvalue weighted by Crippen LogP contribution is -2.27. The summed E-state index contributed by atoms with van der Waals surface area (Å²) in [4.78, 5) is 38.2. The van der Waals surface area contributed by atoms with Crippen LogP contribution in [0.2, 0.25) is 5.02 Å². The van der Waals surface area contributed by atoms with E-state index >= 15 is 0 Å². The first-order valence-corrected chi connectivity index (χ1v) is 8.75. The van der Waals surface area contributed by atoms with Gasteiger partial charge in [-0.05, 0) is 36.4 Å². The van der Waals surface area contributed by atoms with Gasteiger partial charge in [0.1, 0.15) is 5.75 Å². The van der Waals surface area contributed by atoms with E-state index in [1.165, 1.54) is 12.0 Å². The summed E-state index contributed by atoms with van der Waals surface area (Å²) in [6.07, 6.45) is 0.0504. The molecule has 0 aromatic heterocycles. The molecule has 2 aromatic carbocycles. The normalized spacial score (nSPS) is 16.3. The highest BCUT2D eigenvalue weighted by molar-refractivity contribution is 6.30. The molecule has 1 atom stereocenters. The molecule has 0 radical (unpaired) electrons. The molecule has 2 aromatic rings. The van der Waals surface area contributed by atoms with Crippen molar-refractivity contribution in [1.29, 1.82) is 0 Å². The number of anilines is 1. The minimum atomic E-state index is -0.605. The third kappa shape index (κ3) is 4.46. The van der Waals surface area contributed by atoms with Crippen LogP contribution in [-0.2, 0) is 14.3 Å². The Balaban J connectivity index is 1.57. The zero-order chi connectivity index (χ0) is 19.4. The molecule has 0 bridgehead atoms. The molecule has 1 amide bonds. The lowest BCUT2D eigenvalue weighted by Gasteiger charge is -2.16. The van der Waals surface area contributed by atoms with Gasteiger partial charge < -0.3 is 14.4 Å². The molecule has 0 saturated carbocycles. The average Bonchev–Trinajstić information content (AvgIpc) is 3.08. The van der Waals surface area contributed by atoms with Crippen molar-refractivity contribution in [3.63, 3.8) is 0 Å². The lowest BCUT2D eigenvalue weighted by atomic mass is 10.1. The van der Waals surface area contributed by atoms with Gasteiger partial charge in [0.2, 0.25) is 5.91 Å². The molecule has 1 saturated heterocycles. The van der Waals surface area contributed by atoms with Crippen molar-refractivity contribution in [3.8, 4) is 5.75 Å². The first-order chi connectivity index (χ1) is 13.0. The molecule has 0 unspecified atom stereocenters. The Morgan fingerprint density at radius 3 is 2.63 bits per heavy atom. The van der Waals surface area contributed by atoms with E-state index in [-0.39, 0.29) is 31.3 Å². The molecular formula is C20H18ClNO5. The minimum absolute atomic E-state index is 0.0504. The van der Waals surface area contributed by atoms with E-state index in [9.17, 15) is 14.4 Å². The fraction of sp³-hybridized carbons (Fsp3) is 0.250. The standard InChI is InChI=1S/C20H18ClNO5/c1-26-17-4-2-3-13(9-17)18(23)12-27-20(25)14-10-19(24)22(11-14)16-7-5-15(21)6-8-16/h2-9,14H,10-12H2,1H3/t14-/m1/s1. The van der Waals surface area contributed by atoms with E-state index in [0.29, 0.717) is 22.0 Å². The predicted molar refractivity (Wildman–Crippen MR) is 100 cm³/mol. The second-order valence-corrected chi connectivity index (χ2v) is 6.58. The Bertz CT molecular complexity index is 865. The molecule has 1 fully saturated rings. The first kappa shape index (κ1) is 18.9. The zero-order valence-electron chi connectivity index (χ0n) is 14.7. The number of hydrogen-bond donors (Lipinski definition) is 0. The second-order valence-electron chi connectivity index (χ2n) is 6.14. The highest BCUT2D eigenvalue weighted by atomic mass is 35.5. The zero-order valence-corrected chi connectivity index (χ0v) is 15.4. The van der Waals surface area contributed by atoms with Gasteiger partial charge in [0.25, 0.3) is 0 Å². The maximum atomic E-state index is 12.3. The van der Waals surface area contributed by atoms with Gasteiger partial charge in [0.15, 0.2) is 12.4 Å². The summed E-state index contributed by atoms with van der Waals surface area (Å²) in [5.74, 6) is -1.12. The quantitative estimate of drug-likeness (QED) is 0.562. The van der Waals surface area contributed by atoms with Crippen LogP contribution in [0.4, 0.5) is 5.69 Å². The first-order valence-electron chi connectivity index (χ1n) is 8.37. The molecule has 0 N–H and O–H groups in total. The van der Waals surface area contributed by atoms with Crippen molar-refractivity contribution in [1.82, 2.24) is 0 Å². The molecule has 0 spiro atoms.